The third-order valence-electron chi connectivity index (χ3n) is 2.97. The van der Waals surface area contributed by atoms with Crippen molar-refractivity contribution in [2.75, 3.05) is 0 Å². The number of aromatic hydroxyl groups is 3. The third kappa shape index (κ3) is 3.78. The van der Waals surface area contributed by atoms with Crippen LogP contribution in [-0.2, 0) is 0 Å². The lowest BCUT2D eigenvalue weighted by Crippen LogP contribution is -2.21. The molecule has 0 aliphatic rings. The number of hydrogen-bond acceptors (Lipinski definition) is 7. The molecule has 0 bridgehead atoms. The van der Waals surface area contributed by atoms with Crippen LogP contribution in [0.25, 0.3) is 0 Å². The molecule has 2 aromatic carbocycles. The molecule has 0 aromatic heterocycles. The number of hydroxylamine groups is 1. The first-order chi connectivity index (χ1) is 11.4. The molecular formula is C15H13N3O6. The predicted octanol–water partition coefficient (Wildman–Crippen LogP) is 0.686. The summed E-state index contributed by atoms with van der Waals surface area (Å²) in [5.41, 5.74) is 3.69. The Morgan fingerprint density at radius 2 is 1.54 bits per heavy atom. The molecule has 0 fully saturated rings. The first-order valence-corrected chi connectivity index (χ1v) is 6.55. The van der Waals surface area contributed by atoms with Crippen molar-refractivity contribution >= 4 is 18.0 Å². The molecule has 0 saturated heterocycles. The van der Waals surface area contributed by atoms with Gasteiger partial charge in [0.2, 0.25) is 0 Å². The number of nitrogens with one attached hydrogen (secondary N) is 2. The SMILES string of the molecule is O=C(NO)c1cccc(C(=O)N/N=C/c2c(O)cc(O)cc2O)c1. The highest BCUT2D eigenvalue weighted by atomic mass is 16.5. The number of benzene rings is 2. The van der Waals surface area contributed by atoms with E-state index in [9.17, 15) is 24.9 Å². The van der Waals surface area contributed by atoms with Gasteiger partial charge >= 0.3 is 0 Å². The molecule has 24 heavy (non-hydrogen) atoms. The summed E-state index contributed by atoms with van der Waals surface area (Å²) in [5, 5.41) is 40.5. The number of hydrogen-bond donors (Lipinski definition) is 6. The molecule has 9 heteroatoms. The van der Waals surface area contributed by atoms with Gasteiger partial charge in [-0.1, -0.05) is 6.07 Å². The molecule has 0 radical (unpaired) electrons. The highest BCUT2D eigenvalue weighted by Gasteiger charge is 2.10. The zero-order valence-electron chi connectivity index (χ0n) is 12.1. The maximum Gasteiger partial charge on any atom is 0.274 e. The van der Waals surface area contributed by atoms with E-state index in [0.29, 0.717) is 0 Å². The molecule has 0 spiro atoms. The van der Waals surface area contributed by atoms with E-state index in [-0.39, 0.29) is 22.4 Å². The summed E-state index contributed by atoms with van der Waals surface area (Å²) < 4.78 is 0. The second-order valence-corrected chi connectivity index (χ2v) is 4.62. The second-order valence-electron chi connectivity index (χ2n) is 4.62. The third-order valence-corrected chi connectivity index (χ3v) is 2.97. The average molecular weight is 331 g/mol. The normalized spacial score (nSPS) is 10.5. The van der Waals surface area contributed by atoms with Gasteiger partial charge in [-0.15, -0.1) is 0 Å². The van der Waals surface area contributed by atoms with Crippen LogP contribution in [0.3, 0.4) is 0 Å². The number of nitrogens with zero attached hydrogens (tertiary/aromatic N) is 1. The summed E-state index contributed by atoms with van der Waals surface area (Å²) in [6.07, 6.45) is 0.992. The van der Waals surface area contributed by atoms with Crippen LogP contribution in [0.5, 0.6) is 17.2 Å². The summed E-state index contributed by atoms with van der Waals surface area (Å²) in [5.74, 6) is -2.60. The minimum Gasteiger partial charge on any atom is -0.508 e. The van der Waals surface area contributed by atoms with Crippen molar-refractivity contribution in [2.24, 2.45) is 5.10 Å². The molecule has 0 aliphatic carbocycles. The minimum absolute atomic E-state index is 0.0722. The maximum atomic E-state index is 11.9. The van der Waals surface area contributed by atoms with Gasteiger partial charge in [-0.25, -0.2) is 10.9 Å². The zero-order chi connectivity index (χ0) is 17.7. The molecule has 9 nitrogen and oxygen atoms in total. The van der Waals surface area contributed by atoms with E-state index in [4.69, 9.17) is 5.21 Å². The second kappa shape index (κ2) is 7.11. The lowest BCUT2D eigenvalue weighted by Gasteiger charge is -2.04. The molecule has 124 valence electrons. The van der Waals surface area contributed by atoms with Gasteiger partial charge in [-0.3, -0.25) is 14.8 Å². The summed E-state index contributed by atoms with van der Waals surface area (Å²) >= 11 is 0. The van der Waals surface area contributed by atoms with Gasteiger partial charge in [0.05, 0.1) is 11.8 Å². The van der Waals surface area contributed by atoms with E-state index in [1.54, 1.807) is 0 Å². The van der Waals surface area contributed by atoms with Crippen LogP contribution in [0.1, 0.15) is 26.3 Å². The predicted molar refractivity (Wildman–Crippen MR) is 82.2 cm³/mol. The summed E-state index contributed by atoms with van der Waals surface area (Å²) in [7, 11) is 0. The van der Waals surface area contributed by atoms with Gasteiger partial charge < -0.3 is 15.3 Å². The van der Waals surface area contributed by atoms with E-state index in [2.05, 4.69) is 10.5 Å². The van der Waals surface area contributed by atoms with Crippen molar-refractivity contribution < 1.29 is 30.1 Å². The fraction of sp³-hybridized carbons (Fsp3) is 0. The molecule has 0 unspecified atom stereocenters. The van der Waals surface area contributed by atoms with Gasteiger partial charge in [0.25, 0.3) is 11.8 Å². The largest absolute Gasteiger partial charge is 0.508 e. The molecule has 0 atom stereocenters. The fourth-order valence-corrected chi connectivity index (χ4v) is 1.83. The molecule has 6 N–H and O–H groups in total. The molecule has 0 heterocycles. The average Bonchev–Trinajstić information content (AvgIpc) is 2.56. The highest BCUT2D eigenvalue weighted by Crippen LogP contribution is 2.30. The Kier molecular flexibility index (Phi) is 4.97. The van der Waals surface area contributed by atoms with Crippen LogP contribution in [0.4, 0.5) is 0 Å². The number of rotatable bonds is 4. The molecule has 0 saturated carbocycles. The van der Waals surface area contributed by atoms with E-state index in [0.717, 1.165) is 18.3 Å². The lowest BCUT2D eigenvalue weighted by atomic mass is 10.1. The first kappa shape index (κ1) is 16.8. The fourth-order valence-electron chi connectivity index (χ4n) is 1.83. The highest BCUT2D eigenvalue weighted by molar-refractivity contribution is 5.99. The van der Waals surface area contributed by atoms with Crippen molar-refractivity contribution in [3.05, 3.63) is 53.1 Å². The molecule has 2 amide bonds. The van der Waals surface area contributed by atoms with E-state index < -0.39 is 23.3 Å². The number of carbonyl (C=O) groups excluding carboxylic acids is 2. The smallest absolute Gasteiger partial charge is 0.274 e. The summed E-state index contributed by atoms with van der Waals surface area (Å²) in [6.45, 7) is 0. The minimum atomic E-state index is -0.771. The van der Waals surface area contributed by atoms with Gasteiger partial charge in [-0.2, -0.15) is 5.10 Å². The van der Waals surface area contributed by atoms with Crippen molar-refractivity contribution in [2.45, 2.75) is 0 Å². The maximum absolute atomic E-state index is 11.9. The topological polar surface area (TPSA) is 151 Å². The van der Waals surface area contributed by atoms with Crippen molar-refractivity contribution in [1.82, 2.24) is 10.9 Å². The Morgan fingerprint density at radius 1 is 0.958 bits per heavy atom. The Bertz CT molecular complexity index is 796. The quantitative estimate of drug-likeness (QED) is 0.275. The Morgan fingerprint density at radius 3 is 2.12 bits per heavy atom. The number of amides is 2. The van der Waals surface area contributed by atoms with Gasteiger partial charge in [0, 0.05) is 23.3 Å². The monoisotopic (exact) mass is 331 g/mol. The van der Waals surface area contributed by atoms with Crippen LogP contribution in [0, 0.1) is 0 Å². The van der Waals surface area contributed by atoms with Gasteiger partial charge in [-0.05, 0) is 18.2 Å². The Balaban J connectivity index is 2.12. The van der Waals surface area contributed by atoms with E-state index >= 15 is 0 Å². The van der Waals surface area contributed by atoms with Crippen LogP contribution in [-0.4, -0.2) is 38.6 Å². The number of carbonyl (C=O) groups is 2. The standard InChI is InChI=1S/C15H13N3O6/c19-10-5-12(20)11(13(21)6-10)7-16-17-14(22)8-2-1-3-9(4-8)15(23)18-24/h1-7,19-21,24H,(H,17,22)(H,18,23)/b16-7+. The van der Waals surface area contributed by atoms with Gasteiger partial charge in [0.1, 0.15) is 17.2 Å². The lowest BCUT2D eigenvalue weighted by molar-refractivity contribution is 0.0706. The van der Waals surface area contributed by atoms with Crippen molar-refractivity contribution in [1.29, 1.82) is 0 Å². The Hall–Kier alpha value is -3.59. The van der Waals surface area contributed by atoms with Crippen LogP contribution >= 0.6 is 0 Å². The number of hydrazone groups is 1. The summed E-state index contributed by atoms with van der Waals surface area (Å²) in [4.78, 5) is 23.2. The number of phenolic OH excluding ortho intramolecular Hbond substituents is 3. The van der Waals surface area contributed by atoms with E-state index in [1.807, 2.05) is 0 Å². The Labute approximate surface area is 135 Å². The molecular weight excluding hydrogens is 318 g/mol. The summed E-state index contributed by atoms with van der Waals surface area (Å²) in [6, 6.07) is 7.51. The van der Waals surface area contributed by atoms with Crippen LogP contribution < -0.4 is 10.9 Å². The number of phenols is 3. The molecule has 2 aromatic rings. The van der Waals surface area contributed by atoms with E-state index in [1.165, 1.54) is 29.7 Å². The first-order valence-electron chi connectivity index (χ1n) is 6.55. The molecule has 0 aliphatic heterocycles. The molecule has 2 rings (SSSR count). The van der Waals surface area contributed by atoms with Crippen LogP contribution in [0.15, 0.2) is 41.5 Å². The zero-order valence-corrected chi connectivity index (χ0v) is 12.1. The van der Waals surface area contributed by atoms with Crippen LogP contribution in [0.2, 0.25) is 0 Å². The van der Waals surface area contributed by atoms with Gasteiger partial charge in [0.15, 0.2) is 0 Å². The van der Waals surface area contributed by atoms with Crippen molar-refractivity contribution in [3.63, 3.8) is 0 Å². The van der Waals surface area contributed by atoms with Crippen molar-refractivity contribution in [3.8, 4) is 17.2 Å².